The first-order valence-corrected chi connectivity index (χ1v) is 7.60. The van der Waals surface area contributed by atoms with E-state index in [4.69, 9.17) is 0 Å². The first kappa shape index (κ1) is 13.7. The van der Waals surface area contributed by atoms with Gasteiger partial charge in [-0.25, -0.2) is 0 Å². The van der Waals surface area contributed by atoms with Crippen molar-refractivity contribution in [1.29, 1.82) is 0 Å². The Bertz CT molecular complexity index is 1090. The highest BCUT2D eigenvalue weighted by Crippen LogP contribution is 2.29. The molecule has 1 aromatic carbocycles. The molecule has 0 saturated carbocycles. The summed E-state index contributed by atoms with van der Waals surface area (Å²) >= 11 is 0. The van der Waals surface area contributed by atoms with E-state index in [1.165, 1.54) is 0 Å². The van der Waals surface area contributed by atoms with E-state index in [0.717, 1.165) is 39.5 Å². The molecule has 0 aliphatic rings. The van der Waals surface area contributed by atoms with E-state index in [-0.39, 0.29) is 5.56 Å². The minimum absolute atomic E-state index is 0.106. The Morgan fingerprint density at radius 2 is 2.04 bits per heavy atom. The Balaban J connectivity index is 2.13. The number of nitrogens with zero attached hydrogens (tertiary/aromatic N) is 3. The first-order chi connectivity index (χ1) is 11.2. The van der Waals surface area contributed by atoms with Gasteiger partial charge in [0.2, 0.25) is 0 Å². The van der Waals surface area contributed by atoms with Crippen LogP contribution in [0, 0.1) is 0 Å². The van der Waals surface area contributed by atoms with Crippen LogP contribution >= 0.6 is 0 Å². The Morgan fingerprint density at radius 1 is 1.17 bits per heavy atom. The maximum Gasteiger partial charge on any atom is 0.258 e. The maximum atomic E-state index is 12.3. The molecule has 0 fully saturated rings. The third kappa shape index (κ3) is 2.12. The molecule has 3 heterocycles. The molecule has 4 aromatic rings. The number of nitrogens with one attached hydrogen (secondary N) is 1. The highest BCUT2D eigenvalue weighted by molar-refractivity contribution is 6.07. The van der Waals surface area contributed by atoms with Crippen LogP contribution in [0.2, 0.25) is 0 Å². The van der Waals surface area contributed by atoms with Crippen molar-refractivity contribution in [3.8, 4) is 11.1 Å². The standard InChI is InChI=1S/C18H16N4O/c1-3-15-13-5-4-11(12-9-20-22(2)10-12)8-14(13)17-16(21-15)6-7-19-18(17)23/h4-10H,3H2,1-2H3,(H,19,23). The van der Waals surface area contributed by atoms with Crippen molar-refractivity contribution in [2.45, 2.75) is 13.3 Å². The predicted octanol–water partition coefficient (Wildman–Crippen LogP) is 3.04. The Kier molecular flexibility index (Phi) is 3.01. The average molecular weight is 304 g/mol. The van der Waals surface area contributed by atoms with Crippen molar-refractivity contribution in [3.05, 3.63) is 58.9 Å². The van der Waals surface area contributed by atoms with Gasteiger partial charge in [-0.1, -0.05) is 19.1 Å². The number of aryl methyl sites for hydroxylation is 2. The quantitative estimate of drug-likeness (QED) is 0.579. The van der Waals surface area contributed by atoms with Gasteiger partial charge in [0.25, 0.3) is 5.56 Å². The second kappa shape index (κ2) is 5.05. The average Bonchev–Trinajstić information content (AvgIpc) is 3.00. The number of aromatic nitrogens is 4. The van der Waals surface area contributed by atoms with Crippen LogP contribution in [0.4, 0.5) is 0 Å². The van der Waals surface area contributed by atoms with Crippen LogP contribution in [0.5, 0.6) is 0 Å². The summed E-state index contributed by atoms with van der Waals surface area (Å²) in [6, 6.07) is 8.02. The van der Waals surface area contributed by atoms with Gasteiger partial charge < -0.3 is 4.98 Å². The number of aromatic amines is 1. The summed E-state index contributed by atoms with van der Waals surface area (Å²) in [5.74, 6) is 0. The van der Waals surface area contributed by atoms with Gasteiger partial charge in [0, 0.05) is 36.1 Å². The fourth-order valence-corrected chi connectivity index (χ4v) is 3.05. The van der Waals surface area contributed by atoms with E-state index < -0.39 is 0 Å². The number of hydrogen-bond acceptors (Lipinski definition) is 3. The predicted molar refractivity (Wildman–Crippen MR) is 91.4 cm³/mol. The number of H-pyrrole nitrogens is 1. The highest BCUT2D eigenvalue weighted by atomic mass is 16.1. The molecule has 114 valence electrons. The molecule has 0 atom stereocenters. The van der Waals surface area contributed by atoms with Gasteiger partial charge in [-0.3, -0.25) is 14.5 Å². The van der Waals surface area contributed by atoms with Gasteiger partial charge in [0.1, 0.15) is 0 Å². The van der Waals surface area contributed by atoms with Gasteiger partial charge in [0.15, 0.2) is 0 Å². The number of pyridine rings is 2. The van der Waals surface area contributed by atoms with Gasteiger partial charge in [0.05, 0.1) is 17.1 Å². The molecule has 1 N–H and O–H groups in total. The van der Waals surface area contributed by atoms with E-state index in [1.807, 2.05) is 25.5 Å². The number of rotatable bonds is 2. The summed E-state index contributed by atoms with van der Waals surface area (Å²) in [6.07, 6.45) is 6.27. The molecule has 0 saturated heterocycles. The van der Waals surface area contributed by atoms with Crippen molar-refractivity contribution in [2.24, 2.45) is 7.05 Å². The summed E-state index contributed by atoms with van der Waals surface area (Å²) in [7, 11) is 1.89. The van der Waals surface area contributed by atoms with Crippen LogP contribution in [0.15, 0.2) is 47.7 Å². The van der Waals surface area contributed by atoms with Gasteiger partial charge in [-0.05, 0) is 29.5 Å². The van der Waals surface area contributed by atoms with Crippen molar-refractivity contribution in [1.82, 2.24) is 19.7 Å². The molecule has 4 rings (SSSR count). The van der Waals surface area contributed by atoms with Crippen LogP contribution in [-0.2, 0) is 13.5 Å². The largest absolute Gasteiger partial charge is 0.328 e. The fraction of sp³-hybridized carbons (Fsp3) is 0.167. The Hall–Kier alpha value is -2.95. The second-order valence-corrected chi connectivity index (χ2v) is 5.64. The monoisotopic (exact) mass is 304 g/mol. The molecule has 3 aromatic heterocycles. The van der Waals surface area contributed by atoms with E-state index in [9.17, 15) is 4.79 Å². The van der Waals surface area contributed by atoms with Crippen molar-refractivity contribution in [3.63, 3.8) is 0 Å². The zero-order chi connectivity index (χ0) is 16.0. The SMILES string of the molecule is CCc1nc2cc[nH]c(=O)c2c2cc(-c3cnn(C)c3)ccc12. The number of hydrogen-bond donors (Lipinski definition) is 1. The molecule has 0 amide bonds. The molecule has 0 aliphatic carbocycles. The first-order valence-electron chi connectivity index (χ1n) is 7.60. The van der Waals surface area contributed by atoms with E-state index >= 15 is 0 Å². The molecule has 0 unspecified atom stereocenters. The molecule has 0 bridgehead atoms. The van der Waals surface area contributed by atoms with Crippen molar-refractivity contribution in [2.75, 3.05) is 0 Å². The third-order valence-electron chi connectivity index (χ3n) is 4.17. The highest BCUT2D eigenvalue weighted by Gasteiger charge is 2.11. The van der Waals surface area contributed by atoms with Crippen LogP contribution in [0.25, 0.3) is 32.8 Å². The van der Waals surface area contributed by atoms with Crippen LogP contribution < -0.4 is 5.56 Å². The lowest BCUT2D eigenvalue weighted by Gasteiger charge is -2.09. The lowest BCUT2D eigenvalue weighted by Crippen LogP contribution is -2.07. The maximum absolute atomic E-state index is 12.3. The fourth-order valence-electron chi connectivity index (χ4n) is 3.05. The Labute approximate surface area is 132 Å². The normalized spacial score (nSPS) is 11.4. The topological polar surface area (TPSA) is 63.6 Å². The number of benzene rings is 1. The number of fused-ring (bicyclic) bond motifs is 3. The van der Waals surface area contributed by atoms with E-state index in [0.29, 0.717) is 5.39 Å². The van der Waals surface area contributed by atoms with Crippen LogP contribution in [0.1, 0.15) is 12.6 Å². The summed E-state index contributed by atoms with van der Waals surface area (Å²) in [4.78, 5) is 19.7. The van der Waals surface area contributed by atoms with Gasteiger partial charge in [-0.2, -0.15) is 5.10 Å². The molecule has 23 heavy (non-hydrogen) atoms. The van der Waals surface area contributed by atoms with E-state index in [1.54, 1.807) is 10.9 Å². The van der Waals surface area contributed by atoms with E-state index in [2.05, 4.69) is 40.2 Å². The Morgan fingerprint density at radius 3 is 2.78 bits per heavy atom. The molecular formula is C18H16N4O. The zero-order valence-electron chi connectivity index (χ0n) is 13.0. The molecule has 5 heteroatoms. The molecule has 5 nitrogen and oxygen atoms in total. The smallest absolute Gasteiger partial charge is 0.258 e. The summed E-state index contributed by atoms with van der Waals surface area (Å²) in [6.45, 7) is 2.08. The molecule has 0 spiro atoms. The molecule has 0 radical (unpaired) electrons. The lowest BCUT2D eigenvalue weighted by molar-refractivity contribution is 0.768. The van der Waals surface area contributed by atoms with Crippen LogP contribution in [0.3, 0.4) is 0 Å². The summed E-state index contributed by atoms with van der Waals surface area (Å²) in [5.41, 5.74) is 3.72. The zero-order valence-corrected chi connectivity index (χ0v) is 13.0. The van der Waals surface area contributed by atoms with Crippen LogP contribution in [-0.4, -0.2) is 19.7 Å². The van der Waals surface area contributed by atoms with Gasteiger partial charge in [-0.15, -0.1) is 0 Å². The second-order valence-electron chi connectivity index (χ2n) is 5.64. The minimum atomic E-state index is -0.106. The minimum Gasteiger partial charge on any atom is -0.328 e. The van der Waals surface area contributed by atoms with Crippen molar-refractivity contribution >= 4 is 21.7 Å². The molecular weight excluding hydrogens is 288 g/mol. The van der Waals surface area contributed by atoms with Crippen molar-refractivity contribution < 1.29 is 0 Å². The van der Waals surface area contributed by atoms with Gasteiger partial charge >= 0.3 is 0 Å². The summed E-state index contributed by atoms with van der Waals surface area (Å²) < 4.78 is 1.77. The lowest BCUT2D eigenvalue weighted by atomic mass is 9.99. The third-order valence-corrected chi connectivity index (χ3v) is 4.17. The summed E-state index contributed by atoms with van der Waals surface area (Å²) in [5, 5.41) is 6.84. The molecule has 0 aliphatic heterocycles.